The lowest BCUT2D eigenvalue weighted by molar-refractivity contribution is -0.141. The van der Waals surface area contributed by atoms with E-state index in [2.05, 4.69) is 20.0 Å². The van der Waals surface area contributed by atoms with E-state index >= 15 is 0 Å². The van der Waals surface area contributed by atoms with Crippen molar-refractivity contribution >= 4 is 22.0 Å². The number of carboxylic acids is 2. The maximum Gasteiger partial charge on any atom is 0.323 e. The molecule has 11 heteroatoms. The van der Waals surface area contributed by atoms with E-state index in [4.69, 9.17) is 0 Å². The number of nitrogens with zero attached hydrogens (tertiary/aromatic N) is 1. The Balaban J connectivity index is 2.06. The second kappa shape index (κ2) is 8.75. The third kappa shape index (κ3) is 5.88. The minimum absolute atomic E-state index is 0.0341. The number of aromatic nitrogens is 2. The van der Waals surface area contributed by atoms with Crippen LogP contribution in [-0.4, -0.2) is 59.2 Å². The number of rotatable bonds is 10. The molecule has 2 rings (SSSR count). The van der Waals surface area contributed by atoms with Crippen molar-refractivity contribution in [2.24, 2.45) is 0 Å². The molecule has 0 radical (unpaired) electrons. The second-order valence-corrected chi connectivity index (χ2v) is 7.62. The van der Waals surface area contributed by atoms with Crippen molar-refractivity contribution in [2.75, 3.05) is 6.54 Å². The van der Waals surface area contributed by atoms with Crippen molar-refractivity contribution in [1.29, 1.82) is 0 Å². The lowest BCUT2D eigenvalue weighted by atomic mass is 10.1. The highest BCUT2D eigenvalue weighted by atomic mass is 32.2. The van der Waals surface area contributed by atoms with Crippen molar-refractivity contribution in [2.45, 2.75) is 30.3 Å². The Morgan fingerprint density at radius 3 is 2.30 bits per heavy atom. The van der Waals surface area contributed by atoms with Crippen LogP contribution in [0.3, 0.4) is 0 Å². The predicted molar refractivity (Wildman–Crippen MR) is 94.6 cm³/mol. The molecule has 0 aliphatic carbocycles. The molecule has 146 valence electrons. The zero-order valence-electron chi connectivity index (χ0n) is 14.4. The summed E-state index contributed by atoms with van der Waals surface area (Å²) in [5, 5.41) is 21.1. The van der Waals surface area contributed by atoms with Crippen molar-refractivity contribution < 1.29 is 28.2 Å². The molecule has 1 aromatic carbocycles. The molecule has 5 N–H and O–H groups in total. The third-order valence-corrected chi connectivity index (χ3v) is 5.26. The summed E-state index contributed by atoms with van der Waals surface area (Å²) in [4.78, 5) is 29.3. The lowest BCUT2D eigenvalue weighted by Crippen LogP contribution is -2.51. The number of nitrogens with one attached hydrogen (secondary N) is 3. The molecule has 1 heterocycles. The first-order valence-electron chi connectivity index (χ1n) is 7.94. The topological polar surface area (TPSA) is 161 Å². The van der Waals surface area contributed by atoms with E-state index in [1.165, 1.54) is 24.7 Å². The number of aryl methyl sites for hydroxylation is 1. The molecule has 0 aliphatic rings. The average molecular weight is 396 g/mol. The fourth-order valence-electron chi connectivity index (χ4n) is 2.28. The van der Waals surface area contributed by atoms with Crippen molar-refractivity contribution in [3.63, 3.8) is 0 Å². The van der Waals surface area contributed by atoms with Gasteiger partial charge in [0.1, 0.15) is 12.1 Å². The number of carbonyl (C=O) groups is 2. The summed E-state index contributed by atoms with van der Waals surface area (Å²) in [5.74, 6) is -2.63. The second-order valence-electron chi connectivity index (χ2n) is 5.91. The first-order valence-corrected chi connectivity index (χ1v) is 9.42. The highest BCUT2D eigenvalue weighted by molar-refractivity contribution is 7.89. The zero-order chi connectivity index (χ0) is 20.0. The SMILES string of the molecule is Cc1ccc(S(=O)(=O)NC(CN[C@@H](Cc2cnc[nH]2)C(=O)O)C(=O)O)cc1. The van der Waals surface area contributed by atoms with Crippen LogP contribution in [0.2, 0.25) is 0 Å². The number of H-pyrrole nitrogens is 1. The fraction of sp³-hybridized carbons (Fsp3) is 0.312. The van der Waals surface area contributed by atoms with E-state index in [0.717, 1.165) is 5.56 Å². The van der Waals surface area contributed by atoms with Gasteiger partial charge in [-0.3, -0.25) is 9.59 Å². The van der Waals surface area contributed by atoms with Crippen LogP contribution in [0.1, 0.15) is 11.3 Å². The predicted octanol–water partition coefficient (Wildman–Crippen LogP) is -0.265. The van der Waals surface area contributed by atoms with Crippen LogP contribution in [0.5, 0.6) is 0 Å². The van der Waals surface area contributed by atoms with E-state index in [1.54, 1.807) is 19.1 Å². The standard InChI is InChI=1S/C16H20N4O6S/c1-10-2-4-12(5-3-10)27(25,26)20-14(16(23)24)8-18-13(15(21)22)6-11-7-17-9-19-11/h2-5,7,9,13-14,18,20H,6,8H2,1H3,(H,17,19)(H,21,22)(H,23,24)/t13-,14?/m0/s1. The molecule has 0 saturated carbocycles. The minimum atomic E-state index is -4.07. The van der Waals surface area contributed by atoms with Gasteiger partial charge < -0.3 is 20.5 Å². The smallest absolute Gasteiger partial charge is 0.323 e. The van der Waals surface area contributed by atoms with Crippen LogP contribution in [0.25, 0.3) is 0 Å². The summed E-state index contributed by atoms with van der Waals surface area (Å²) >= 11 is 0. The van der Waals surface area contributed by atoms with Gasteiger partial charge in [0.25, 0.3) is 0 Å². The van der Waals surface area contributed by atoms with Gasteiger partial charge in [-0.1, -0.05) is 17.7 Å². The maximum absolute atomic E-state index is 12.4. The molecule has 27 heavy (non-hydrogen) atoms. The maximum atomic E-state index is 12.4. The van der Waals surface area contributed by atoms with Crippen molar-refractivity contribution in [3.8, 4) is 0 Å². The summed E-state index contributed by atoms with van der Waals surface area (Å²) in [5.41, 5.74) is 1.40. The minimum Gasteiger partial charge on any atom is -0.480 e. The number of aromatic amines is 1. The molecular formula is C16H20N4O6S. The van der Waals surface area contributed by atoms with Gasteiger partial charge >= 0.3 is 11.9 Å². The average Bonchev–Trinajstić information content (AvgIpc) is 3.10. The van der Waals surface area contributed by atoms with Crippen LogP contribution in [-0.2, 0) is 26.0 Å². The Morgan fingerprint density at radius 2 is 1.78 bits per heavy atom. The van der Waals surface area contributed by atoms with Crippen LogP contribution >= 0.6 is 0 Å². The summed E-state index contributed by atoms with van der Waals surface area (Å²) < 4.78 is 26.8. The Bertz CT molecular complexity index is 880. The van der Waals surface area contributed by atoms with E-state index in [0.29, 0.717) is 5.69 Å². The molecular weight excluding hydrogens is 376 g/mol. The summed E-state index contributed by atoms with van der Waals surface area (Å²) in [7, 11) is -4.07. The molecule has 0 amide bonds. The normalized spacial score (nSPS) is 13.8. The van der Waals surface area contributed by atoms with Gasteiger partial charge in [-0.2, -0.15) is 4.72 Å². The van der Waals surface area contributed by atoms with Gasteiger partial charge in [-0.25, -0.2) is 13.4 Å². The van der Waals surface area contributed by atoms with Crippen molar-refractivity contribution in [3.05, 3.63) is 48.0 Å². The monoisotopic (exact) mass is 396 g/mol. The Labute approximate surface area is 155 Å². The lowest BCUT2D eigenvalue weighted by Gasteiger charge is -2.19. The molecule has 10 nitrogen and oxygen atoms in total. The zero-order valence-corrected chi connectivity index (χ0v) is 15.2. The van der Waals surface area contributed by atoms with Gasteiger partial charge in [0.2, 0.25) is 10.0 Å². The van der Waals surface area contributed by atoms with Gasteiger partial charge in [-0.05, 0) is 19.1 Å². The molecule has 2 aromatic rings. The fourth-order valence-corrected chi connectivity index (χ4v) is 3.46. The summed E-state index contributed by atoms with van der Waals surface area (Å²) in [6, 6.07) is 3.25. The molecule has 0 fully saturated rings. The van der Waals surface area contributed by atoms with Crippen LogP contribution in [0.4, 0.5) is 0 Å². The Hall–Kier alpha value is -2.76. The highest BCUT2D eigenvalue weighted by Gasteiger charge is 2.27. The molecule has 0 aliphatic heterocycles. The molecule has 1 aromatic heterocycles. The van der Waals surface area contributed by atoms with E-state index in [9.17, 15) is 28.2 Å². The van der Waals surface area contributed by atoms with Gasteiger partial charge in [0.05, 0.1) is 11.2 Å². The Morgan fingerprint density at radius 1 is 1.15 bits per heavy atom. The number of hydrogen-bond donors (Lipinski definition) is 5. The van der Waals surface area contributed by atoms with Gasteiger partial charge in [0.15, 0.2) is 0 Å². The number of imidazole rings is 1. The number of sulfonamides is 1. The highest BCUT2D eigenvalue weighted by Crippen LogP contribution is 2.10. The van der Waals surface area contributed by atoms with Gasteiger partial charge in [-0.15, -0.1) is 0 Å². The number of aliphatic carboxylic acids is 2. The number of benzene rings is 1. The van der Waals surface area contributed by atoms with Crippen LogP contribution in [0, 0.1) is 6.92 Å². The number of hydrogen-bond acceptors (Lipinski definition) is 6. The summed E-state index contributed by atoms with van der Waals surface area (Å²) in [6.07, 6.45) is 2.88. The van der Waals surface area contributed by atoms with Crippen LogP contribution < -0.4 is 10.0 Å². The van der Waals surface area contributed by atoms with E-state index in [1.807, 2.05) is 0 Å². The summed E-state index contributed by atoms with van der Waals surface area (Å²) in [6.45, 7) is 1.38. The molecule has 2 atom stereocenters. The first-order chi connectivity index (χ1) is 12.7. The molecule has 0 spiro atoms. The van der Waals surface area contributed by atoms with E-state index in [-0.39, 0.29) is 11.3 Å². The number of carboxylic acid groups (broad SMARTS) is 2. The van der Waals surface area contributed by atoms with Crippen molar-refractivity contribution in [1.82, 2.24) is 20.0 Å². The first kappa shape index (κ1) is 20.6. The molecule has 0 bridgehead atoms. The largest absolute Gasteiger partial charge is 0.480 e. The Kier molecular flexibility index (Phi) is 6.66. The quantitative estimate of drug-likeness (QED) is 0.367. The van der Waals surface area contributed by atoms with Crippen LogP contribution in [0.15, 0.2) is 41.7 Å². The third-order valence-electron chi connectivity index (χ3n) is 3.77. The molecule has 0 saturated heterocycles. The van der Waals surface area contributed by atoms with E-state index < -0.39 is 40.6 Å². The van der Waals surface area contributed by atoms with Gasteiger partial charge in [0, 0.05) is 24.9 Å². The molecule has 1 unspecified atom stereocenters.